The maximum atomic E-state index is 13.0. The van der Waals surface area contributed by atoms with Crippen molar-refractivity contribution in [3.05, 3.63) is 35.7 Å². The summed E-state index contributed by atoms with van der Waals surface area (Å²) < 4.78 is 33.7. The molecule has 7 nitrogen and oxygen atoms in total. The van der Waals surface area contributed by atoms with Gasteiger partial charge < -0.3 is 10.1 Å². The van der Waals surface area contributed by atoms with Gasteiger partial charge in [0.05, 0.1) is 16.6 Å². The van der Waals surface area contributed by atoms with Gasteiger partial charge in [0.1, 0.15) is 5.82 Å². The lowest BCUT2D eigenvalue weighted by atomic mass is 9.84. The Morgan fingerprint density at radius 2 is 1.96 bits per heavy atom. The molecule has 0 spiro atoms. The zero-order valence-corrected chi connectivity index (χ0v) is 17.7. The Morgan fingerprint density at radius 3 is 2.54 bits per heavy atom. The highest BCUT2D eigenvalue weighted by molar-refractivity contribution is 7.91. The Kier molecular flexibility index (Phi) is 6.79. The SMILES string of the molecule is CCS(=O)(=O)c1ccc(C(CC2CCOCC2)C(=O)Nc2nc(C)ns2)cc1. The second kappa shape index (κ2) is 9.11. The van der Waals surface area contributed by atoms with Crippen LogP contribution in [0.4, 0.5) is 5.13 Å². The van der Waals surface area contributed by atoms with Crippen LogP contribution in [0, 0.1) is 12.8 Å². The van der Waals surface area contributed by atoms with Gasteiger partial charge in [0, 0.05) is 24.7 Å². The molecule has 1 amide bonds. The number of ether oxygens (including phenoxy) is 1. The van der Waals surface area contributed by atoms with Gasteiger partial charge in [0.15, 0.2) is 9.84 Å². The molecule has 1 aromatic heterocycles. The summed E-state index contributed by atoms with van der Waals surface area (Å²) in [6.45, 7) is 4.82. The molecule has 0 bridgehead atoms. The summed E-state index contributed by atoms with van der Waals surface area (Å²) in [5.74, 6) is 0.531. The van der Waals surface area contributed by atoms with Crippen LogP contribution in [0.1, 0.15) is 43.5 Å². The van der Waals surface area contributed by atoms with E-state index in [0.29, 0.717) is 36.5 Å². The number of nitrogens with zero attached hydrogens (tertiary/aromatic N) is 2. The number of aromatic nitrogens is 2. The van der Waals surface area contributed by atoms with Crippen LogP contribution >= 0.6 is 11.5 Å². The van der Waals surface area contributed by atoms with Gasteiger partial charge in [0.25, 0.3) is 0 Å². The minimum atomic E-state index is -3.27. The normalized spacial score (nSPS) is 16.6. The highest BCUT2D eigenvalue weighted by Gasteiger charge is 2.27. The minimum Gasteiger partial charge on any atom is -0.381 e. The van der Waals surface area contributed by atoms with Crippen molar-refractivity contribution >= 4 is 32.4 Å². The van der Waals surface area contributed by atoms with Crippen molar-refractivity contribution in [2.75, 3.05) is 24.3 Å². The maximum Gasteiger partial charge on any atom is 0.233 e. The molecule has 3 rings (SSSR count). The summed E-state index contributed by atoms with van der Waals surface area (Å²) >= 11 is 1.15. The van der Waals surface area contributed by atoms with Gasteiger partial charge in [-0.3, -0.25) is 4.79 Å². The molecule has 1 fully saturated rings. The zero-order valence-electron chi connectivity index (χ0n) is 16.1. The molecule has 1 aromatic carbocycles. The Morgan fingerprint density at radius 1 is 1.29 bits per heavy atom. The highest BCUT2D eigenvalue weighted by atomic mass is 32.2. The molecule has 1 saturated heterocycles. The van der Waals surface area contributed by atoms with Crippen LogP contribution in [-0.4, -0.2) is 42.6 Å². The molecule has 1 N–H and O–H groups in total. The Labute approximate surface area is 169 Å². The van der Waals surface area contributed by atoms with Crippen molar-refractivity contribution < 1.29 is 17.9 Å². The molecule has 2 heterocycles. The largest absolute Gasteiger partial charge is 0.381 e. The van der Waals surface area contributed by atoms with Crippen molar-refractivity contribution in [3.8, 4) is 0 Å². The van der Waals surface area contributed by atoms with Crippen LogP contribution in [0.3, 0.4) is 0 Å². The summed E-state index contributed by atoms with van der Waals surface area (Å²) in [5, 5.41) is 3.34. The predicted molar refractivity (Wildman–Crippen MR) is 108 cm³/mol. The molecule has 0 saturated carbocycles. The number of carbonyl (C=O) groups is 1. The molecule has 152 valence electrons. The monoisotopic (exact) mass is 423 g/mol. The minimum absolute atomic E-state index is 0.0503. The van der Waals surface area contributed by atoms with E-state index in [9.17, 15) is 13.2 Å². The standard InChI is InChI=1S/C19H25N3O4S2/c1-3-28(24,25)16-6-4-15(5-7-16)17(12-14-8-10-26-11-9-14)18(23)21-19-20-13(2)22-27-19/h4-7,14,17H,3,8-12H2,1-2H3,(H,20,21,22,23). The van der Waals surface area contributed by atoms with Crippen molar-refractivity contribution in [1.82, 2.24) is 9.36 Å². The van der Waals surface area contributed by atoms with E-state index in [1.807, 2.05) is 0 Å². The average Bonchev–Trinajstić information content (AvgIpc) is 3.11. The molecular formula is C19H25N3O4S2. The third-order valence-corrected chi connectivity index (χ3v) is 7.48. The molecule has 1 aliphatic rings. The number of benzene rings is 1. The van der Waals surface area contributed by atoms with Crippen LogP contribution in [-0.2, 0) is 19.4 Å². The third-order valence-electron chi connectivity index (χ3n) is 5.01. The summed E-state index contributed by atoms with van der Waals surface area (Å²) in [5.41, 5.74) is 0.806. The molecular weight excluding hydrogens is 398 g/mol. The van der Waals surface area contributed by atoms with E-state index in [-0.39, 0.29) is 22.5 Å². The summed E-state index contributed by atoms with van der Waals surface area (Å²) in [4.78, 5) is 17.5. The van der Waals surface area contributed by atoms with Gasteiger partial charge in [-0.05, 0) is 49.8 Å². The molecule has 1 aliphatic heterocycles. The van der Waals surface area contributed by atoms with Gasteiger partial charge in [-0.15, -0.1) is 0 Å². The van der Waals surface area contributed by atoms with Crippen LogP contribution in [0.5, 0.6) is 0 Å². The lowest BCUT2D eigenvalue weighted by Gasteiger charge is -2.26. The van der Waals surface area contributed by atoms with Gasteiger partial charge in [-0.25, -0.2) is 13.4 Å². The van der Waals surface area contributed by atoms with E-state index >= 15 is 0 Å². The average molecular weight is 424 g/mol. The number of hydrogen-bond donors (Lipinski definition) is 1. The third kappa shape index (κ3) is 5.15. The lowest BCUT2D eigenvalue weighted by molar-refractivity contribution is -0.118. The van der Waals surface area contributed by atoms with E-state index in [1.165, 1.54) is 0 Å². The Hall–Kier alpha value is -1.84. The van der Waals surface area contributed by atoms with Crippen molar-refractivity contribution in [2.45, 2.75) is 43.9 Å². The number of nitrogens with one attached hydrogen (secondary N) is 1. The lowest BCUT2D eigenvalue weighted by Crippen LogP contribution is -2.26. The first-order valence-electron chi connectivity index (χ1n) is 9.40. The quantitative estimate of drug-likeness (QED) is 0.734. The maximum absolute atomic E-state index is 13.0. The van der Waals surface area contributed by atoms with E-state index in [4.69, 9.17) is 4.74 Å². The second-order valence-electron chi connectivity index (χ2n) is 6.95. The molecule has 28 heavy (non-hydrogen) atoms. The molecule has 9 heteroatoms. The Balaban J connectivity index is 1.83. The second-order valence-corrected chi connectivity index (χ2v) is 9.98. The number of amides is 1. The predicted octanol–water partition coefficient (Wildman–Crippen LogP) is 3.18. The topological polar surface area (TPSA) is 98.2 Å². The molecule has 1 atom stereocenters. The van der Waals surface area contributed by atoms with Crippen molar-refractivity contribution in [1.29, 1.82) is 0 Å². The first-order valence-corrected chi connectivity index (χ1v) is 11.8. The van der Waals surface area contributed by atoms with Crippen LogP contribution in [0.25, 0.3) is 0 Å². The fourth-order valence-corrected chi connectivity index (χ4v) is 4.79. The van der Waals surface area contributed by atoms with Gasteiger partial charge in [0.2, 0.25) is 11.0 Å². The first-order chi connectivity index (χ1) is 13.4. The summed E-state index contributed by atoms with van der Waals surface area (Å²) in [6, 6.07) is 6.68. The number of carbonyl (C=O) groups excluding carboxylic acids is 1. The molecule has 1 unspecified atom stereocenters. The smallest absolute Gasteiger partial charge is 0.233 e. The van der Waals surface area contributed by atoms with Gasteiger partial charge in [-0.2, -0.15) is 4.37 Å². The number of anilines is 1. The van der Waals surface area contributed by atoms with E-state index in [0.717, 1.165) is 29.9 Å². The van der Waals surface area contributed by atoms with Gasteiger partial charge >= 0.3 is 0 Å². The van der Waals surface area contributed by atoms with Crippen molar-refractivity contribution in [3.63, 3.8) is 0 Å². The highest BCUT2D eigenvalue weighted by Crippen LogP contribution is 2.31. The van der Waals surface area contributed by atoms with E-state index in [1.54, 1.807) is 38.1 Å². The van der Waals surface area contributed by atoms with Crippen LogP contribution in [0.2, 0.25) is 0 Å². The molecule has 2 aromatic rings. The number of hydrogen-bond acceptors (Lipinski definition) is 7. The fraction of sp³-hybridized carbons (Fsp3) is 0.526. The molecule has 0 radical (unpaired) electrons. The van der Waals surface area contributed by atoms with Gasteiger partial charge in [-0.1, -0.05) is 19.1 Å². The Bertz CT molecular complexity index is 904. The zero-order chi connectivity index (χ0) is 20.1. The number of sulfone groups is 1. The number of aryl methyl sites for hydroxylation is 1. The van der Waals surface area contributed by atoms with Crippen molar-refractivity contribution in [2.24, 2.45) is 5.92 Å². The van der Waals surface area contributed by atoms with E-state index < -0.39 is 9.84 Å². The first kappa shape index (κ1) is 20.9. The van der Waals surface area contributed by atoms with Crippen LogP contribution < -0.4 is 5.32 Å². The summed E-state index contributed by atoms with van der Waals surface area (Å²) in [7, 11) is -3.27. The summed E-state index contributed by atoms with van der Waals surface area (Å²) in [6.07, 6.45) is 2.53. The van der Waals surface area contributed by atoms with E-state index in [2.05, 4.69) is 14.7 Å². The fourth-order valence-electron chi connectivity index (χ4n) is 3.32. The molecule has 0 aliphatic carbocycles. The van der Waals surface area contributed by atoms with Crippen LogP contribution in [0.15, 0.2) is 29.2 Å². The number of rotatable bonds is 7.